The Morgan fingerprint density at radius 3 is 2.00 bits per heavy atom. The van der Waals surface area contributed by atoms with Crippen LogP contribution in [0.1, 0.15) is 0 Å². The van der Waals surface area contributed by atoms with Crippen molar-refractivity contribution in [2.75, 3.05) is 0 Å². The van der Waals surface area contributed by atoms with E-state index in [0.29, 0.717) is 5.75 Å². The fourth-order valence-electron chi connectivity index (χ4n) is 0.872. The fourth-order valence-corrected chi connectivity index (χ4v) is 0.872. The Kier molecular flexibility index (Phi) is 7.77. The maximum absolute atomic E-state index is 9.93. The molecule has 0 atom stereocenters. The van der Waals surface area contributed by atoms with Gasteiger partial charge in [0.15, 0.2) is 0 Å². The summed E-state index contributed by atoms with van der Waals surface area (Å²) in [5.74, 6) is 0.400. The summed E-state index contributed by atoms with van der Waals surface area (Å²) in [7, 11) is -1.97. The van der Waals surface area contributed by atoms with Gasteiger partial charge in [-0.3, -0.25) is 0 Å². The summed E-state index contributed by atoms with van der Waals surface area (Å²) in [6.07, 6.45) is 0. The van der Waals surface area contributed by atoms with Gasteiger partial charge in [-0.15, -0.1) is 12.1 Å². The van der Waals surface area contributed by atoms with Crippen LogP contribution in [0.5, 0.6) is 5.75 Å². The molecule has 0 aliphatic heterocycles. The maximum Gasteiger partial charge on any atom is 3.00 e. The van der Waals surface area contributed by atoms with E-state index >= 15 is 0 Å². The third-order valence-corrected chi connectivity index (χ3v) is 1.42. The summed E-state index contributed by atoms with van der Waals surface area (Å²) >= 11 is 0. The molecular formula is C10H10BFeO3. The van der Waals surface area contributed by atoms with Crippen LogP contribution in [0.3, 0.4) is 0 Å². The first-order valence-corrected chi connectivity index (χ1v) is 4.18. The van der Waals surface area contributed by atoms with Crippen LogP contribution in [-0.2, 0) is 17.1 Å². The summed E-state index contributed by atoms with van der Waals surface area (Å²) < 4.78 is 4.35. The van der Waals surface area contributed by atoms with Crippen molar-refractivity contribution in [1.82, 2.24) is 0 Å². The van der Waals surface area contributed by atoms with E-state index < -0.39 is 7.32 Å². The van der Waals surface area contributed by atoms with Gasteiger partial charge in [0.25, 0.3) is 0 Å². The Morgan fingerprint density at radius 1 is 1.13 bits per heavy atom. The van der Waals surface area contributed by atoms with E-state index in [-0.39, 0.29) is 17.1 Å². The van der Waals surface area contributed by atoms with E-state index in [0.717, 1.165) is 0 Å². The average Bonchev–Trinajstić information content (AvgIpc) is 2.75. The number of hydrogen-bond acceptors (Lipinski definition) is 3. The van der Waals surface area contributed by atoms with Crippen LogP contribution in [0.25, 0.3) is 0 Å². The Morgan fingerprint density at radius 2 is 1.67 bits per heavy atom. The first kappa shape index (κ1) is 14.0. The molecule has 5 heteroatoms. The third kappa shape index (κ3) is 6.99. The van der Waals surface area contributed by atoms with Gasteiger partial charge in [-0.05, 0) is 5.75 Å². The van der Waals surface area contributed by atoms with Crippen molar-refractivity contribution in [1.29, 1.82) is 0 Å². The van der Waals surface area contributed by atoms with E-state index in [1.54, 1.807) is 24.3 Å². The minimum atomic E-state index is -1.97. The standard InChI is InChI=1S/C5H5BO3.C5H5.Fe/c7-6(8)9-5-3-1-2-4-5;1-2-4-5-3-1;/h1-4,7H;1-5H;/q-2;-1;+3. The third-order valence-electron chi connectivity index (χ3n) is 1.42. The zero-order valence-electron chi connectivity index (χ0n) is 7.89. The van der Waals surface area contributed by atoms with E-state index in [1.165, 1.54) is 0 Å². The Labute approximate surface area is 99.7 Å². The van der Waals surface area contributed by atoms with Gasteiger partial charge in [0.1, 0.15) is 0 Å². The fraction of sp³-hybridized carbons (Fsp3) is 0. The molecule has 2 aromatic rings. The molecule has 0 unspecified atom stereocenters. The normalized spacial score (nSPS) is 8.13. The summed E-state index contributed by atoms with van der Waals surface area (Å²) in [5.41, 5.74) is 0. The second kappa shape index (κ2) is 8.32. The zero-order chi connectivity index (χ0) is 10.2. The van der Waals surface area contributed by atoms with E-state index in [9.17, 15) is 5.02 Å². The molecule has 0 aliphatic carbocycles. The summed E-state index contributed by atoms with van der Waals surface area (Å²) in [6, 6.07) is 16.6. The van der Waals surface area contributed by atoms with Gasteiger partial charge in [-0.1, -0.05) is 0 Å². The summed E-state index contributed by atoms with van der Waals surface area (Å²) in [5, 5.41) is 18.1. The molecule has 0 saturated carbocycles. The van der Waals surface area contributed by atoms with Gasteiger partial charge in [-0.2, -0.15) is 18.2 Å². The van der Waals surface area contributed by atoms with E-state index in [2.05, 4.69) is 4.65 Å². The van der Waals surface area contributed by atoms with Crippen LogP contribution in [0.15, 0.2) is 54.6 Å². The van der Waals surface area contributed by atoms with Gasteiger partial charge in [0.2, 0.25) is 0 Å². The van der Waals surface area contributed by atoms with E-state index in [1.807, 2.05) is 30.3 Å². The predicted octanol–water partition coefficient (Wildman–Crippen LogP) is 0.525. The van der Waals surface area contributed by atoms with Crippen LogP contribution >= 0.6 is 0 Å². The smallest absolute Gasteiger partial charge is 0.821 e. The first-order chi connectivity index (χ1) is 6.79. The number of rotatable bonds is 2. The summed E-state index contributed by atoms with van der Waals surface area (Å²) in [4.78, 5) is 0. The van der Waals surface area contributed by atoms with Gasteiger partial charge in [0, 0.05) is 0 Å². The van der Waals surface area contributed by atoms with Crippen LogP contribution in [-0.4, -0.2) is 12.3 Å². The van der Waals surface area contributed by atoms with Crippen molar-refractivity contribution >= 4 is 7.32 Å². The number of hydrogen-bond donors (Lipinski definition) is 1. The summed E-state index contributed by atoms with van der Waals surface area (Å²) in [6.45, 7) is 0. The van der Waals surface area contributed by atoms with Crippen molar-refractivity contribution in [3.8, 4) is 5.75 Å². The van der Waals surface area contributed by atoms with Crippen LogP contribution < -0.4 is 9.68 Å². The Hall–Kier alpha value is -0.996. The molecule has 0 aromatic heterocycles. The van der Waals surface area contributed by atoms with Crippen LogP contribution in [0.2, 0.25) is 0 Å². The van der Waals surface area contributed by atoms with Crippen molar-refractivity contribution in [2.24, 2.45) is 0 Å². The minimum absolute atomic E-state index is 0. The topological polar surface area (TPSA) is 52.5 Å². The molecule has 0 saturated heterocycles. The van der Waals surface area contributed by atoms with Crippen LogP contribution in [0, 0.1) is 0 Å². The van der Waals surface area contributed by atoms with Crippen molar-refractivity contribution in [2.45, 2.75) is 0 Å². The van der Waals surface area contributed by atoms with Gasteiger partial charge >= 0.3 is 24.4 Å². The molecule has 79 valence electrons. The molecule has 0 amide bonds. The maximum atomic E-state index is 9.93. The molecule has 2 aromatic carbocycles. The van der Waals surface area contributed by atoms with Gasteiger partial charge in [0.05, 0.1) is 0 Å². The monoisotopic (exact) mass is 245 g/mol. The van der Waals surface area contributed by atoms with Crippen molar-refractivity contribution in [3.63, 3.8) is 0 Å². The minimum Gasteiger partial charge on any atom is -0.821 e. The molecule has 3 nitrogen and oxygen atoms in total. The predicted molar refractivity (Wildman–Crippen MR) is 52.7 cm³/mol. The van der Waals surface area contributed by atoms with Crippen molar-refractivity contribution in [3.05, 3.63) is 54.6 Å². The molecule has 0 fully saturated rings. The van der Waals surface area contributed by atoms with E-state index in [4.69, 9.17) is 5.02 Å². The largest absolute Gasteiger partial charge is 3.00 e. The first-order valence-electron chi connectivity index (χ1n) is 4.18. The quantitative estimate of drug-likeness (QED) is 0.619. The molecule has 15 heavy (non-hydrogen) atoms. The second-order valence-electron chi connectivity index (χ2n) is 2.51. The Balaban J connectivity index is 0.000000280. The molecule has 1 N–H and O–H groups in total. The molecule has 0 spiro atoms. The second-order valence-corrected chi connectivity index (χ2v) is 2.51. The molecule has 2 rings (SSSR count). The average molecular weight is 245 g/mol. The van der Waals surface area contributed by atoms with Gasteiger partial charge in [-0.25, -0.2) is 24.3 Å². The molecule has 0 bridgehead atoms. The SMILES string of the molecule is [Fe+3].[O-]B(O)O[c-]1cccc1.c1cc[cH-]c1. The Bertz CT molecular complexity index is 288. The van der Waals surface area contributed by atoms with Crippen molar-refractivity contribution < 1.29 is 31.8 Å². The zero-order valence-corrected chi connectivity index (χ0v) is 8.99. The van der Waals surface area contributed by atoms with Gasteiger partial charge < -0.3 is 14.7 Å². The molecular weight excluding hydrogens is 235 g/mol. The molecule has 0 heterocycles. The molecule has 1 radical (unpaired) electrons. The van der Waals surface area contributed by atoms with Crippen LogP contribution in [0.4, 0.5) is 0 Å². The molecule has 0 aliphatic rings.